The van der Waals surface area contributed by atoms with E-state index in [0.29, 0.717) is 0 Å². The van der Waals surface area contributed by atoms with Crippen LogP contribution in [0.4, 0.5) is 0 Å². The van der Waals surface area contributed by atoms with Crippen molar-refractivity contribution in [2.45, 2.75) is 18.9 Å². The first-order valence-corrected chi connectivity index (χ1v) is 6.08. The average Bonchev–Trinajstić information content (AvgIpc) is 2.97. The third-order valence-electron chi connectivity index (χ3n) is 3.58. The van der Waals surface area contributed by atoms with Gasteiger partial charge in [-0.2, -0.15) is 0 Å². The van der Waals surface area contributed by atoms with Crippen LogP contribution < -0.4 is 5.32 Å². The molecule has 2 heterocycles. The summed E-state index contributed by atoms with van der Waals surface area (Å²) in [4.78, 5) is 12.8. The fourth-order valence-electron chi connectivity index (χ4n) is 2.56. The van der Waals surface area contributed by atoms with Gasteiger partial charge in [0.15, 0.2) is 0 Å². The number of nitrogens with one attached hydrogen (secondary N) is 1. The van der Waals surface area contributed by atoms with Crippen molar-refractivity contribution in [1.29, 1.82) is 0 Å². The van der Waals surface area contributed by atoms with Gasteiger partial charge in [0.25, 0.3) is 0 Å². The SMILES string of the molecule is C[N+]1(CCC2CN2)CCCN(CC(=O)O)C1. The second-order valence-electron chi connectivity index (χ2n) is 5.40. The van der Waals surface area contributed by atoms with E-state index in [-0.39, 0.29) is 6.54 Å². The van der Waals surface area contributed by atoms with Crippen LogP contribution in [-0.4, -0.2) is 72.9 Å². The molecule has 0 aromatic heterocycles. The summed E-state index contributed by atoms with van der Waals surface area (Å²) >= 11 is 0. The minimum absolute atomic E-state index is 0.190. The molecule has 0 aromatic rings. The lowest BCUT2D eigenvalue weighted by atomic mass is 10.2. The van der Waals surface area contributed by atoms with Crippen LogP contribution in [0.5, 0.6) is 0 Å². The highest BCUT2D eigenvalue weighted by atomic mass is 16.4. The Bertz CT molecular complexity index is 268. The molecule has 2 unspecified atom stereocenters. The summed E-state index contributed by atoms with van der Waals surface area (Å²) in [5.74, 6) is -0.711. The van der Waals surface area contributed by atoms with Crippen LogP contribution in [0.25, 0.3) is 0 Å². The smallest absolute Gasteiger partial charge is 0.317 e. The molecule has 0 amide bonds. The molecule has 2 aliphatic heterocycles. The Hall–Kier alpha value is -0.650. The molecule has 0 aromatic carbocycles. The summed E-state index contributed by atoms with van der Waals surface area (Å²) in [6.07, 6.45) is 2.33. The van der Waals surface area contributed by atoms with Gasteiger partial charge in [0, 0.05) is 32.0 Å². The van der Waals surface area contributed by atoms with Gasteiger partial charge in [-0.05, 0) is 0 Å². The van der Waals surface area contributed by atoms with Crippen molar-refractivity contribution in [3.8, 4) is 0 Å². The van der Waals surface area contributed by atoms with Gasteiger partial charge in [0.05, 0.1) is 20.1 Å². The molecule has 2 N–H and O–H groups in total. The standard InChI is InChI=1S/C11H21N3O2/c1-14(6-3-10-7-12-10)5-2-4-13(9-14)8-11(15)16/h10,12H,2-9H2,1H3/p+1. The fourth-order valence-corrected chi connectivity index (χ4v) is 2.56. The van der Waals surface area contributed by atoms with E-state index in [1.807, 2.05) is 0 Å². The van der Waals surface area contributed by atoms with Gasteiger partial charge in [0.2, 0.25) is 0 Å². The van der Waals surface area contributed by atoms with Gasteiger partial charge < -0.3 is 14.9 Å². The number of aliphatic carboxylic acids is 1. The predicted molar refractivity (Wildman–Crippen MR) is 61.0 cm³/mol. The molecule has 2 saturated heterocycles. The Labute approximate surface area is 96.6 Å². The van der Waals surface area contributed by atoms with Crippen LogP contribution >= 0.6 is 0 Å². The van der Waals surface area contributed by atoms with Gasteiger partial charge in [-0.1, -0.05) is 0 Å². The number of nitrogens with zero attached hydrogens (tertiary/aromatic N) is 2. The van der Waals surface area contributed by atoms with Crippen LogP contribution in [-0.2, 0) is 4.79 Å². The predicted octanol–water partition coefficient (Wildman–Crippen LogP) is -0.457. The lowest BCUT2D eigenvalue weighted by Gasteiger charge is -2.42. The topological polar surface area (TPSA) is 62.5 Å². The average molecular weight is 228 g/mol. The first-order valence-electron chi connectivity index (χ1n) is 6.08. The Morgan fingerprint density at radius 1 is 1.62 bits per heavy atom. The second kappa shape index (κ2) is 4.69. The van der Waals surface area contributed by atoms with Crippen LogP contribution in [0, 0.1) is 0 Å². The third-order valence-corrected chi connectivity index (χ3v) is 3.58. The Kier molecular flexibility index (Phi) is 3.47. The van der Waals surface area contributed by atoms with E-state index >= 15 is 0 Å². The minimum atomic E-state index is -0.711. The number of carbonyl (C=O) groups is 1. The summed E-state index contributed by atoms with van der Waals surface area (Å²) in [6, 6.07) is 0.727. The van der Waals surface area contributed by atoms with E-state index in [4.69, 9.17) is 5.11 Å². The van der Waals surface area contributed by atoms with Gasteiger partial charge >= 0.3 is 5.97 Å². The molecule has 0 aliphatic carbocycles. The first-order chi connectivity index (χ1) is 7.57. The lowest BCUT2D eigenvalue weighted by molar-refractivity contribution is -0.924. The highest BCUT2D eigenvalue weighted by Gasteiger charge is 2.32. The van der Waals surface area contributed by atoms with E-state index in [9.17, 15) is 4.79 Å². The number of quaternary nitrogens is 1. The van der Waals surface area contributed by atoms with E-state index in [1.54, 1.807) is 0 Å². The van der Waals surface area contributed by atoms with Gasteiger partial charge in [0.1, 0.15) is 13.2 Å². The number of rotatable bonds is 5. The summed E-state index contributed by atoms with van der Waals surface area (Å²) in [6.45, 7) is 5.52. The van der Waals surface area contributed by atoms with Crippen LogP contribution in [0.1, 0.15) is 12.8 Å². The molecule has 0 spiro atoms. The monoisotopic (exact) mass is 228 g/mol. The second-order valence-corrected chi connectivity index (χ2v) is 5.40. The van der Waals surface area contributed by atoms with Crippen LogP contribution in [0.2, 0.25) is 0 Å². The van der Waals surface area contributed by atoms with Crippen molar-refractivity contribution >= 4 is 5.97 Å². The van der Waals surface area contributed by atoms with Crippen molar-refractivity contribution in [3.05, 3.63) is 0 Å². The Morgan fingerprint density at radius 3 is 3.00 bits per heavy atom. The molecule has 2 rings (SSSR count). The largest absolute Gasteiger partial charge is 0.480 e. The summed E-state index contributed by atoms with van der Waals surface area (Å²) < 4.78 is 1.01. The molecule has 5 heteroatoms. The zero-order chi connectivity index (χ0) is 11.6. The highest BCUT2D eigenvalue weighted by molar-refractivity contribution is 5.69. The zero-order valence-electron chi connectivity index (χ0n) is 9.98. The van der Waals surface area contributed by atoms with Gasteiger partial charge in [-0.25, -0.2) is 4.90 Å². The van der Waals surface area contributed by atoms with Crippen molar-refractivity contribution < 1.29 is 14.4 Å². The van der Waals surface area contributed by atoms with Crippen molar-refractivity contribution in [3.63, 3.8) is 0 Å². The molecule has 0 radical (unpaired) electrons. The molecule has 92 valence electrons. The van der Waals surface area contributed by atoms with E-state index in [0.717, 1.165) is 36.7 Å². The first kappa shape index (κ1) is 11.8. The number of carboxylic acids is 1. The summed E-state index contributed by atoms with van der Waals surface area (Å²) in [5.41, 5.74) is 0. The maximum absolute atomic E-state index is 10.7. The fraction of sp³-hybridized carbons (Fsp3) is 0.909. The van der Waals surface area contributed by atoms with Crippen molar-refractivity contribution in [1.82, 2.24) is 10.2 Å². The minimum Gasteiger partial charge on any atom is -0.480 e. The van der Waals surface area contributed by atoms with Gasteiger partial charge in [-0.3, -0.25) is 4.79 Å². The normalized spacial score (nSPS) is 34.9. The molecular formula is C11H22N3O2+. The summed E-state index contributed by atoms with van der Waals surface area (Å²) in [5, 5.41) is 12.1. The van der Waals surface area contributed by atoms with E-state index in [1.165, 1.54) is 19.5 Å². The summed E-state index contributed by atoms with van der Waals surface area (Å²) in [7, 11) is 2.25. The van der Waals surface area contributed by atoms with Gasteiger partial charge in [-0.15, -0.1) is 0 Å². The molecule has 0 bridgehead atoms. The lowest BCUT2D eigenvalue weighted by Crippen LogP contribution is -2.57. The Balaban J connectivity index is 1.80. The quantitative estimate of drug-likeness (QED) is 0.494. The Morgan fingerprint density at radius 2 is 2.38 bits per heavy atom. The van der Waals surface area contributed by atoms with Crippen LogP contribution in [0.15, 0.2) is 0 Å². The van der Waals surface area contributed by atoms with Crippen molar-refractivity contribution in [2.24, 2.45) is 0 Å². The number of hydrogen-bond acceptors (Lipinski definition) is 3. The molecule has 2 atom stereocenters. The molecule has 0 saturated carbocycles. The van der Waals surface area contributed by atoms with E-state index in [2.05, 4.69) is 17.3 Å². The van der Waals surface area contributed by atoms with E-state index < -0.39 is 5.97 Å². The van der Waals surface area contributed by atoms with Crippen molar-refractivity contribution in [2.75, 3.05) is 46.4 Å². The number of hydrogen-bond donors (Lipinski definition) is 2. The molecule has 16 heavy (non-hydrogen) atoms. The molecule has 5 nitrogen and oxygen atoms in total. The number of carboxylic acid groups (broad SMARTS) is 1. The molecule has 2 fully saturated rings. The highest BCUT2D eigenvalue weighted by Crippen LogP contribution is 2.16. The van der Waals surface area contributed by atoms with Crippen LogP contribution in [0.3, 0.4) is 0 Å². The maximum Gasteiger partial charge on any atom is 0.317 e. The maximum atomic E-state index is 10.7. The zero-order valence-corrected chi connectivity index (χ0v) is 9.98. The molecule has 2 aliphatic rings. The molecular weight excluding hydrogens is 206 g/mol. The third kappa shape index (κ3) is 3.43.